The average molecular weight is 480 g/mol. The Balaban J connectivity index is 4.51. The van der Waals surface area contributed by atoms with Gasteiger partial charge in [0.25, 0.3) is 0 Å². The summed E-state index contributed by atoms with van der Waals surface area (Å²) in [6, 6.07) is 0. The predicted molar refractivity (Wildman–Crippen MR) is 73.6 cm³/mol. The smallest absolute Gasteiger partial charge is 0.379 e. The van der Waals surface area contributed by atoms with Crippen molar-refractivity contribution >= 4 is 38.7 Å². The fourth-order valence-corrected chi connectivity index (χ4v) is 4.40. The molecule has 0 saturated heterocycles. The molecule has 0 bridgehead atoms. The van der Waals surface area contributed by atoms with Gasteiger partial charge in [0, 0.05) is 0 Å². The van der Waals surface area contributed by atoms with Crippen molar-refractivity contribution in [3.05, 3.63) is 0 Å². The molecule has 0 aromatic heterocycles. The molecule has 0 aromatic carbocycles. The molecule has 0 aromatic rings. The Labute approximate surface area is 149 Å². The topological polar surface area (TPSA) is 121 Å². The van der Waals surface area contributed by atoms with Gasteiger partial charge in [0.05, 0.1) is 0 Å². The van der Waals surface area contributed by atoms with Crippen LogP contribution in [0.4, 0.5) is 35.1 Å². The van der Waals surface area contributed by atoms with Crippen molar-refractivity contribution in [2.45, 2.75) is 34.7 Å². The van der Waals surface area contributed by atoms with Crippen LogP contribution in [0.15, 0.2) is 0 Å². The monoisotopic (exact) mass is 480 g/mol. The Morgan fingerprint density at radius 1 is 0.692 bits per heavy atom. The van der Waals surface area contributed by atoms with Gasteiger partial charge >= 0.3 is 21.8 Å². The van der Waals surface area contributed by atoms with Crippen molar-refractivity contribution in [1.29, 1.82) is 0 Å². The first-order valence-corrected chi connectivity index (χ1v) is 11.2. The molecule has 0 aliphatic carbocycles. The molecule has 0 aliphatic heterocycles. The average Bonchev–Trinajstić information content (AvgIpc) is 2.39. The highest BCUT2D eigenvalue weighted by Crippen LogP contribution is 2.62. The highest BCUT2D eigenvalue weighted by molar-refractivity contribution is 8.01. The number of alkyl halides is 8. The van der Waals surface area contributed by atoms with Gasteiger partial charge < -0.3 is 28.7 Å². The molecule has 0 spiro atoms. The normalized spacial score (nSPS) is 19.1. The summed E-state index contributed by atoms with van der Waals surface area (Å²) in [5.74, 6) is -1.85. The van der Waals surface area contributed by atoms with Gasteiger partial charge in [-0.25, -0.2) is 0 Å². The van der Waals surface area contributed by atoms with Gasteiger partial charge in [-0.05, 0) is 24.3 Å². The molecule has 0 saturated carbocycles. The summed E-state index contributed by atoms with van der Waals surface area (Å²) < 4.78 is 124. The molecule has 6 nitrogen and oxygen atoms in total. The molecule has 0 amide bonds. The zero-order valence-electron chi connectivity index (χ0n) is 12.1. The third kappa shape index (κ3) is 5.97. The van der Waals surface area contributed by atoms with Crippen LogP contribution in [0.1, 0.15) is 12.8 Å². The minimum atomic E-state index is -6.73. The molecule has 0 radical (unpaired) electrons. The minimum absolute atomic E-state index is 0.548. The molecule has 0 heterocycles. The van der Waals surface area contributed by atoms with E-state index in [1.807, 2.05) is 0 Å². The summed E-state index contributed by atoms with van der Waals surface area (Å²) in [6.45, 7) is 0. The molecule has 2 unspecified atom stereocenters. The molecule has 0 rings (SSSR count). The first-order valence-electron chi connectivity index (χ1n) is 6.07. The number of hydrogen-bond acceptors (Lipinski definition) is 6. The zero-order valence-corrected chi connectivity index (χ0v) is 15.5. The van der Waals surface area contributed by atoms with E-state index >= 15 is 0 Å². The summed E-state index contributed by atoms with van der Waals surface area (Å²) in [7, 11) is -13.5. The summed E-state index contributed by atoms with van der Waals surface area (Å²) >= 11 is -1.83. The first kappa shape index (κ1) is 26.4. The van der Waals surface area contributed by atoms with Gasteiger partial charge in [0.2, 0.25) is 15.2 Å². The Kier molecular flexibility index (Phi) is 8.58. The predicted octanol–water partition coefficient (Wildman–Crippen LogP) is 2.70. The molecule has 18 heteroatoms. The Morgan fingerprint density at radius 2 is 0.923 bits per heavy atom. The number of hydrogen-bond donors (Lipinski definition) is 2. The Bertz CT molecular complexity index is 529. The van der Waals surface area contributed by atoms with Crippen molar-refractivity contribution in [3.8, 4) is 0 Å². The quantitative estimate of drug-likeness (QED) is 0.263. The van der Waals surface area contributed by atoms with E-state index in [0.717, 1.165) is 0 Å². The lowest BCUT2D eigenvalue weighted by Crippen LogP contribution is -2.41. The maximum absolute atomic E-state index is 13.0. The van der Waals surface area contributed by atoms with Gasteiger partial charge in [-0.3, -0.25) is 0 Å². The van der Waals surface area contributed by atoms with Crippen LogP contribution in [0.2, 0.25) is 0 Å². The second kappa shape index (κ2) is 8.44. The van der Waals surface area contributed by atoms with Crippen LogP contribution in [0.5, 0.6) is 0 Å². The number of halogens is 8. The van der Waals surface area contributed by atoms with E-state index in [1.165, 1.54) is 0 Å². The van der Waals surface area contributed by atoms with E-state index in [-0.39, 0.29) is 0 Å². The van der Waals surface area contributed by atoms with E-state index < -0.39 is 84.9 Å². The van der Waals surface area contributed by atoms with Gasteiger partial charge in [-0.1, -0.05) is 23.5 Å². The maximum atomic E-state index is 13.0. The number of thioether (sulfide) groups is 2. The van der Waals surface area contributed by atoms with Crippen molar-refractivity contribution in [2.75, 3.05) is 11.5 Å². The maximum Gasteiger partial charge on any atom is 0.379 e. The van der Waals surface area contributed by atoms with Gasteiger partial charge in [-0.15, -0.1) is 0 Å². The molecule has 2 atom stereocenters. The fourth-order valence-electron chi connectivity index (χ4n) is 1.11. The summed E-state index contributed by atoms with van der Waals surface area (Å²) in [4.78, 5) is 36.6. The second-order valence-electron chi connectivity index (χ2n) is 4.56. The SMILES string of the molecule is O=P([O-])(O)C(F)(F)C(F)(F)SCCCCSC(F)(F)C(F)(F)P(=O)([O-])O. The van der Waals surface area contributed by atoms with Crippen LogP contribution in [-0.4, -0.2) is 43.1 Å². The van der Waals surface area contributed by atoms with Crippen molar-refractivity contribution < 1.29 is 63.8 Å². The van der Waals surface area contributed by atoms with E-state index in [2.05, 4.69) is 0 Å². The molecule has 158 valence electrons. The Morgan fingerprint density at radius 3 is 1.12 bits per heavy atom. The van der Waals surface area contributed by atoms with Crippen molar-refractivity contribution in [1.82, 2.24) is 0 Å². The summed E-state index contributed by atoms with van der Waals surface area (Å²) in [5, 5.41) is -10.5. The van der Waals surface area contributed by atoms with E-state index in [4.69, 9.17) is 9.79 Å². The third-order valence-electron chi connectivity index (χ3n) is 2.52. The Hall–Kier alpha value is 0.440. The van der Waals surface area contributed by atoms with Crippen LogP contribution in [0.3, 0.4) is 0 Å². The highest BCUT2D eigenvalue weighted by Gasteiger charge is 2.64. The van der Waals surface area contributed by atoms with E-state index in [1.54, 1.807) is 0 Å². The fraction of sp³-hybridized carbons (Fsp3) is 1.00. The molecule has 26 heavy (non-hydrogen) atoms. The van der Waals surface area contributed by atoms with E-state index in [9.17, 15) is 54.0 Å². The third-order valence-corrected chi connectivity index (χ3v) is 7.02. The van der Waals surface area contributed by atoms with Crippen LogP contribution >= 0.6 is 38.7 Å². The van der Waals surface area contributed by atoms with Crippen LogP contribution in [0, 0.1) is 0 Å². The lowest BCUT2D eigenvalue weighted by Gasteiger charge is -2.32. The summed E-state index contributed by atoms with van der Waals surface area (Å²) in [6.07, 6.45) is -1.10. The molecule has 0 fully saturated rings. The molecular formula is C8H10F8O6P2S2-2. The van der Waals surface area contributed by atoms with Gasteiger partial charge in [0.15, 0.2) is 0 Å². The lowest BCUT2D eigenvalue weighted by atomic mass is 10.4. The van der Waals surface area contributed by atoms with Crippen molar-refractivity contribution in [2.24, 2.45) is 0 Å². The summed E-state index contributed by atoms with van der Waals surface area (Å²) in [5.41, 5.74) is -11.6. The van der Waals surface area contributed by atoms with Crippen LogP contribution in [0.25, 0.3) is 0 Å². The number of rotatable bonds is 11. The van der Waals surface area contributed by atoms with Gasteiger partial charge in [-0.2, -0.15) is 35.1 Å². The minimum Gasteiger partial charge on any atom is -0.774 e. The van der Waals surface area contributed by atoms with E-state index in [0.29, 0.717) is 0 Å². The number of unbranched alkanes of at least 4 members (excludes halogenated alkanes) is 1. The molecule has 2 N–H and O–H groups in total. The van der Waals surface area contributed by atoms with Crippen molar-refractivity contribution in [3.63, 3.8) is 0 Å². The van der Waals surface area contributed by atoms with Gasteiger partial charge in [0.1, 0.15) is 0 Å². The van der Waals surface area contributed by atoms with Crippen LogP contribution < -0.4 is 9.79 Å². The van der Waals surface area contributed by atoms with Crippen LogP contribution in [-0.2, 0) is 9.13 Å². The zero-order chi connectivity index (χ0) is 21.2. The molecule has 0 aliphatic rings. The first-order chi connectivity index (χ1) is 11.2. The second-order valence-corrected chi connectivity index (χ2v) is 10.2. The largest absolute Gasteiger partial charge is 0.774 e. The highest BCUT2D eigenvalue weighted by atomic mass is 32.2. The standard InChI is InChI=1S/C8H12F8O6P2S2/c9-5(10,23(17,18)19)7(13,14)25-3-1-2-4-26-8(15,16)6(11,12)24(20,21)22/h1-4H2,(H2,17,18,19)(H2,20,21,22)/p-2. The lowest BCUT2D eigenvalue weighted by molar-refractivity contribution is -0.233. The molecular weight excluding hydrogens is 470 g/mol.